The number of carboxylic acids is 1. The fraction of sp³-hybridized carbons (Fsp3) is 0.188. The van der Waals surface area contributed by atoms with Gasteiger partial charge in [-0.25, -0.2) is 0 Å². The van der Waals surface area contributed by atoms with Crippen LogP contribution in [0.3, 0.4) is 0 Å². The SMILES string of the molecule is CN(CC(=O)O)Cc1ccc(-c2ccc(Cl)cc2)cc1. The molecule has 2 rings (SSSR count). The molecule has 0 bridgehead atoms. The summed E-state index contributed by atoms with van der Waals surface area (Å²) in [7, 11) is 1.79. The molecule has 0 amide bonds. The van der Waals surface area contributed by atoms with Gasteiger partial charge < -0.3 is 5.11 Å². The average molecular weight is 290 g/mol. The predicted octanol–water partition coefficient (Wildman–Crippen LogP) is 3.52. The number of hydrogen-bond donors (Lipinski definition) is 1. The molecule has 2 aromatic carbocycles. The molecule has 0 aliphatic carbocycles. The van der Waals surface area contributed by atoms with E-state index in [-0.39, 0.29) is 6.54 Å². The minimum absolute atomic E-state index is 0.0406. The fourth-order valence-corrected chi connectivity index (χ4v) is 2.17. The van der Waals surface area contributed by atoms with Crippen molar-refractivity contribution in [3.8, 4) is 11.1 Å². The summed E-state index contributed by atoms with van der Waals surface area (Å²) in [5.74, 6) is -0.815. The van der Waals surface area contributed by atoms with Gasteiger partial charge in [0.15, 0.2) is 0 Å². The monoisotopic (exact) mass is 289 g/mol. The average Bonchev–Trinajstić information content (AvgIpc) is 2.39. The Morgan fingerprint density at radius 2 is 1.55 bits per heavy atom. The smallest absolute Gasteiger partial charge is 0.317 e. The van der Waals surface area contributed by atoms with Gasteiger partial charge >= 0.3 is 5.97 Å². The van der Waals surface area contributed by atoms with E-state index in [1.165, 1.54) is 0 Å². The van der Waals surface area contributed by atoms with Crippen molar-refractivity contribution in [3.05, 3.63) is 59.1 Å². The van der Waals surface area contributed by atoms with Crippen LogP contribution < -0.4 is 0 Å². The van der Waals surface area contributed by atoms with Crippen molar-refractivity contribution in [2.75, 3.05) is 13.6 Å². The van der Waals surface area contributed by atoms with Crippen LogP contribution in [0, 0.1) is 0 Å². The molecule has 0 aromatic heterocycles. The molecule has 0 radical (unpaired) electrons. The zero-order valence-corrected chi connectivity index (χ0v) is 12.0. The number of aliphatic carboxylic acids is 1. The third kappa shape index (κ3) is 4.08. The Kier molecular flexibility index (Phi) is 4.77. The van der Waals surface area contributed by atoms with Gasteiger partial charge in [0.1, 0.15) is 0 Å². The molecular weight excluding hydrogens is 274 g/mol. The van der Waals surface area contributed by atoms with E-state index in [9.17, 15) is 4.79 Å². The zero-order valence-electron chi connectivity index (χ0n) is 11.2. The van der Waals surface area contributed by atoms with Crippen molar-refractivity contribution in [3.63, 3.8) is 0 Å². The van der Waals surface area contributed by atoms with Crippen molar-refractivity contribution < 1.29 is 9.90 Å². The summed E-state index contributed by atoms with van der Waals surface area (Å²) in [5, 5.41) is 9.45. The van der Waals surface area contributed by atoms with Crippen LogP contribution in [0.4, 0.5) is 0 Å². The van der Waals surface area contributed by atoms with Gasteiger partial charge in [-0.15, -0.1) is 0 Å². The molecule has 4 heteroatoms. The van der Waals surface area contributed by atoms with Crippen molar-refractivity contribution in [2.45, 2.75) is 6.54 Å². The maximum absolute atomic E-state index is 10.6. The molecule has 1 N–H and O–H groups in total. The van der Waals surface area contributed by atoms with E-state index in [0.717, 1.165) is 21.7 Å². The van der Waals surface area contributed by atoms with Gasteiger partial charge in [-0.3, -0.25) is 9.69 Å². The maximum atomic E-state index is 10.6. The first-order valence-electron chi connectivity index (χ1n) is 6.30. The highest BCUT2D eigenvalue weighted by Crippen LogP contribution is 2.22. The molecule has 0 saturated heterocycles. The molecule has 104 valence electrons. The van der Waals surface area contributed by atoms with Crippen LogP contribution in [-0.2, 0) is 11.3 Å². The Labute approximate surface area is 123 Å². The predicted molar refractivity (Wildman–Crippen MR) is 80.9 cm³/mol. The summed E-state index contributed by atoms with van der Waals surface area (Å²) >= 11 is 5.87. The molecule has 0 atom stereocenters. The molecule has 0 aliphatic heterocycles. The number of rotatable bonds is 5. The van der Waals surface area contributed by atoms with E-state index in [1.54, 1.807) is 11.9 Å². The Morgan fingerprint density at radius 1 is 1.05 bits per heavy atom. The van der Waals surface area contributed by atoms with Crippen LogP contribution in [-0.4, -0.2) is 29.6 Å². The summed E-state index contributed by atoms with van der Waals surface area (Å²) in [5.41, 5.74) is 3.32. The molecule has 20 heavy (non-hydrogen) atoms. The lowest BCUT2D eigenvalue weighted by atomic mass is 10.0. The third-order valence-corrected chi connectivity index (χ3v) is 3.24. The van der Waals surface area contributed by atoms with Crippen LogP contribution >= 0.6 is 11.6 Å². The molecule has 2 aromatic rings. The largest absolute Gasteiger partial charge is 0.480 e. The zero-order chi connectivity index (χ0) is 14.5. The molecule has 3 nitrogen and oxygen atoms in total. The van der Waals surface area contributed by atoms with Crippen LogP contribution in [0.1, 0.15) is 5.56 Å². The first-order valence-corrected chi connectivity index (χ1v) is 6.67. The molecule has 0 unspecified atom stereocenters. The molecule has 0 heterocycles. The number of halogens is 1. The lowest BCUT2D eigenvalue weighted by molar-refractivity contribution is -0.138. The van der Waals surface area contributed by atoms with Crippen LogP contribution in [0.5, 0.6) is 0 Å². The van der Waals surface area contributed by atoms with Crippen LogP contribution in [0.2, 0.25) is 5.02 Å². The number of hydrogen-bond acceptors (Lipinski definition) is 2. The third-order valence-electron chi connectivity index (χ3n) is 2.99. The van der Waals surface area contributed by atoms with Crippen molar-refractivity contribution in [1.29, 1.82) is 0 Å². The highest BCUT2D eigenvalue weighted by atomic mass is 35.5. The summed E-state index contributed by atoms with van der Waals surface area (Å²) in [6.07, 6.45) is 0. The van der Waals surface area contributed by atoms with E-state index < -0.39 is 5.97 Å². The fourth-order valence-electron chi connectivity index (χ4n) is 2.04. The van der Waals surface area contributed by atoms with Gasteiger partial charge in [-0.2, -0.15) is 0 Å². The number of carboxylic acid groups (broad SMARTS) is 1. The van der Waals surface area contributed by atoms with Crippen LogP contribution in [0.15, 0.2) is 48.5 Å². The molecule has 0 saturated carbocycles. The number of carbonyl (C=O) groups is 1. The Morgan fingerprint density at radius 3 is 2.05 bits per heavy atom. The summed E-state index contributed by atoms with van der Waals surface area (Å²) in [4.78, 5) is 12.4. The summed E-state index contributed by atoms with van der Waals surface area (Å²) in [6.45, 7) is 0.659. The van der Waals surface area contributed by atoms with Crippen LogP contribution in [0.25, 0.3) is 11.1 Å². The quantitative estimate of drug-likeness (QED) is 0.915. The summed E-state index contributed by atoms with van der Waals surface area (Å²) in [6, 6.07) is 15.8. The standard InChI is InChI=1S/C16H16ClNO2/c1-18(11-16(19)20)10-12-2-4-13(5-3-12)14-6-8-15(17)9-7-14/h2-9H,10-11H2,1H3,(H,19,20). The van der Waals surface area contributed by atoms with E-state index in [1.807, 2.05) is 48.5 Å². The second-order valence-corrected chi connectivity index (χ2v) is 5.21. The minimum Gasteiger partial charge on any atom is -0.480 e. The molecule has 0 spiro atoms. The minimum atomic E-state index is -0.815. The topological polar surface area (TPSA) is 40.5 Å². The van der Waals surface area contributed by atoms with E-state index >= 15 is 0 Å². The Hall–Kier alpha value is -1.84. The van der Waals surface area contributed by atoms with E-state index in [2.05, 4.69) is 0 Å². The Bertz CT molecular complexity index is 578. The van der Waals surface area contributed by atoms with Gasteiger partial charge in [0.25, 0.3) is 0 Å². The van der Waals surface area contributed by atoms with E-state index in [4.69, 9.17) is 16.7 Å². The number of benzene rings is 2. The molecule has 0 fully saturated rings. The van der Waals surface area contributed by atoms with Crippen molar-refractivity contribution >= 4 is 17.6 Å². The normalized spacial score (nSPS) is 10.8. The first-order chi connectivity index (χ1) is 9.54. The van der Waals surface area contributed by atoms with Gasteiger partial charge in [-0.05, 0) is 35.9 Å². The summed E-state index contributed by atoms with van der Waals surface area (Å²) < 4.78 is 0. The molecular formula is C16H16ClNO2. The second kappa shape index (κ2) is 6.55. The Balaban J connectivity index is 2.06. The molecule has 0 aliphatic rings. The number of likely N-dealkylation sites (N-methyl/N-ethyl adjacent to an activating group) is 1. The highest BCUT2D eigenvalue weighted by molar-refractivity contribution is 6.30. The lowest BCUT2D eigenvalue weighted by Gasteiger charge is -2.14. The van der Waals surface area contributed by atoms with Gasteiger partial charge in [0, 0.05) is 11.6 Å². The highest BCUT2D eigenvalue weighted by Gasteiger charge is 2.05. The number of nitrogens with zero attached hydrogens (tertiary/aromatic N) is 1. The van der Waals surface area contributed by atoms with E-state index in [0.29, 0.717) is 6.54 Å². The van der Waals surface area contributed by atoms with Crippen molar-refractivity contribution in [1.82, 2.24) is 4.90 Å². The second-order valence-electron chi connectivity index (χ2n) is 4.77. The van der Waals surface area contributed by atoms with Gasteiger partial charge in [0.2, 0.25) is 0 Å². The maximum Gasteiger partial charge on any atom is 0.317 e. The van der Waals surface area contributed by atoms with Gasteiger partial charge in [0.05, 0.1) is 6.54 Å². The first kappa shape index (κ1) is 14.6. The lowest BCUT2D eigenvalue weighted by Crippen LogP contribution is -2.25. The van der Waals surface area contributed by atoms with Gasteiger partial charge in [-0.1, -0.05) is 48.0 Å². The van der Waals surface area contributed by atoms with Crippen molar-refractivity contribution in [2.24, 2.45) is 0 Å².